The van der Waals surface area contributed by atoms with Crippen molar-refractivity contribution < 1.29 is 9.53 Å². The number of methoxy groups -OCH3 is 1. The molecular weight excluding hydrogens is 282 g/mol. The van der Waals surface area contributed by atoms with Gasteiger partial charge in [-0.05, 0) is 44.0 Å². The maximum absolute atomic E-state index is 11.7. The summed E-state index contributed by atoms with van der Waals surface area (Å²) in [5.74, 6) is 0.0272. The molecule has 1 amide bonds. The fourth-order valence-corrected chi connectivity index (χ4v) is 1.91. The second-order valence-corrected chi connectivity index (χ2v) is 5.01. The van der Waals surface area contributed by atoms with Crippen LogP contribution in [0.15, 0.2) is 22.7 Å². The minimum atomic E-state index is 0.0272. The molecule has 0 spiro atoms. The lowest BCUT2D eigenvalue weighted by Crippen LogP contribution is -2.15. The third kappa shape index (κ3) is 4.88. The van der Waals surface area contributed by atoms with Crippen molar-refractivity contribution in [2.45, 2.75) is 32.8 Å². The van der Waals surface area contributed by atoms with Crippen LogP contribution in [-0.4, -0.2) is 19.1 Å². The summed E-state index contributed by atoms with van der Waals surface area (Å²) in [6.07, 6.45) is 1.33. The van der Waals surface area contributed by atoms with Gasteiger partial charge in [-0.3, -0.25) is 4.79 Å². The van der Waals surface area contributed by atoms with E-state index in [1.165, 1.54) is 0 Å². The van der Waals surface area contributed by atoms with Gasteiger partial charge >= 0.3 is 0 Å². The molecule has 17 heavy (non-hydrogen) atoms. The Bertz CT molecular complexity index is 393. The first-order chi connectivity index (χ1) is 8.02. The number of amides is 1. The summed E-state index contributed by atoms with van der Waals surface area (Å²) >= 11 is 3.39. The van der Waals surface area contributed by atoms with E-state index in [2.05, 4.69) is 21.2 Å². The second-order valence-electron chi connectivity index (χ2n) is 4.09. The summed E-state index contributed by atoms with van der Waals surface area (Å²) in [4.78, 5) is 11.7. The quantitative estimate of drug-likeness (QED) is 0.903. The van der Waals surface area contributed by atoms with E-state index in [0.717, 1.165) is 22.1 Å². The average molecular weight is 300 g/mol. The van der Waals surface area contributed by atoms with Crippen LogP contribution in [0.1, 0.15) is 25.3 Å². The fourth-order valence-electron chi connectivity index (χ4n) is 1.43. The number of halogens is 1. The number of aryl methyl sites for hydroxylation is 1. The number of ether oxygens (including phenoxy) is 1. The highest BCUT2D eigenvalue weighted by Gasteiger charge is 2.07. The molecule has 0 aliphatic carbocycles. The Morgan fingerprint density at radius 1 is 1.53 bits per heavy atom. The minimum Gasteiger partial charge on any atom is -0.382 e. The van der Waals surface area contributed by atoms with E-state index in [0.29, 0.717) is 6.42 Å². The van der Waals surface area contributed by atoms with Crippen LogP contribution < -0.4 is 5.32 Å². The summed E-state index contributed by atoms with van der Waals surface area (Å²) in [6.45, 7) is 3.93. The Morgan fingerprint density at radius 2 is 2.24 bits per heavy atom. The average Bonchev–Trinajstić information content (AvgIpc) is 2.29. The van der Waals surface area contributed by atoms with Crippen molar-refractivity contribution in [2.75, 3.05) is 12.4 Å². The zero-order valence-corrected chi connectivity index (χ0v) is 12.0. The Balaban J connectivity index is 2.50. The van der Waals surface area contributed by atoms with Gasteiger partial charge in [0.15, 0.2) is 0 Å². The summed E-state index contributed by atoms with van der Waals surface area (Å²) < 4.78 is 6.12. The van der Waals surface area contributed by atoms with Gasteiger partial charge in [-0.1, -0.05) is 15.9 Å². The topological polar surface area (TPSA) is 38.3 Å². The molecule has 1 rings (SSSR count). The normalized spacial score (nSPS) is 12.2. The van der Waals surface area contributed by atoms with Crippen molar-refractivity contribution in [3.8, 4) is 0 Å². The first-order valence-electron chi connectivity index (χ1n) is 5.61. The number of carbonyl (C=O) groups excluding carboxylic acids is 1. The third-order valence-corrected chi connectivity index (χ3v) is 3.14. The van der Waals surface area contributed by atoms with E-state index in [9.17, 15) is 4.79 Å². The molecular formula is C13H18BrNO2. The Labute approximate surface area is 111 Å². The second kappa shape index (κ2) is 6.77. The summed E-state index contributed by atoms with van der Waals surface area (Å²) in [7, 11) is 1.65. The lowest BCUT2D eigenvalue weighted by Gasteiger charge is -2.11. The van der Waals surface area contributed by atoms with Gasteiger partial charge in [0.05, 0.1) is 6.10 Å². The van der Waals surface area contributed by atoms with E-state index < -0.39 is 0 Å². The summed E-state index contributed by atoms with van der Waals surface area (Å²) in [5, 5.41) is 2.90. The molecule has 1 N–H and O–H groups in total. The highest BCUT2D eigenvalue weighted by molar-refractivity contribution is 9.10. The molecule has 0 bridgehead atoms. The zero-order valence-electron chi connectivity index (χ0n) is 10.4. The molecule has 3 nitrogen and oxygen atoms in total. The van der Waals surface area contributed by atoms with Gasteiger partial charge in [-0.2, -0.15) is 0 Å². The lowest BCUT2D eigenvalue weighted by molar-refractivity contribution is -0.116. The zero-order chi connectivity index (χ0) is 12.8. The van der Waals surface area contributed by atoms with Crippen molar-refractivity contribution in [3.63, 3.8) is 0 Å². The van der Waals surface area contributed by atoms with Gasteiger partial charge in [0.1, 0.15) is 0 Å². The molecule has 0 aromatic heterocycles. The van der Waals surface area contributed by atoms with E-state index >= 15 is 0 Å². The number of nitrogens with one attached hydrogen (secondary N) is 1. The fraction of sp³-hybridized carbons (Fsp3) is 0.462. The van der Waals surface area contributed by atoms with Crippen LogP contribution >= 0.6 is 15.9 Å². The molecule has 0 fully saturated rings. The maximum Gasteiger partial charge on any atom is 0.224 e. The molecule has 0 aliphatic rings. The van der Waals surface area contributed by atoms with Gasteiger partial charge in [-0.15, -0.1) is 0 Å². The van der Waals surface area contributed by atoms with Crippen LogP contribution in [0.4, 0.5) is 5.69 Å². The number of rotatable bonds is 5. The van der Waals surface area contributed by atoms with Crippen molar-refractivity contribution >= 4 is 27.5 Å². The van der Waals surface area contributed by atoms with Crippen molar-refractivity contribution in [2.24, 2.45) is 0 Å². The van der Waals surface area contributed by atoms with Gasteiger partial charge in [0, 0.05) is 23.7 Å². The monoisotopic (exact) mass is 299 g/mol. The van der Waals surface area contributed by atoms with Crippen molar-refractivity contribution in [1.29, 1.82) is 0 Å². The van der Waals surface area contributed by atoms with Crippen LogP contribution in [0, 0.1) is 6.92 Å². The molecule has 0 aliphatic heterocycles. The number of anilines is 1. The standard InChI is InChI=1S/C13H18BrNO2/c1-9-8-11(14)5-6-12(9)15-13(16)7-4-10(2)17-3/h5-6,8,10H,4,7H2,1-3H3,(H,15,16). The number of benzene rings is 1. The largest absolute Gasteiger partial charge is 0.382 e. The molecule has 94 valence electrons. The molecule has 1 aromatic rings. The van der Waals surface area contributed by atoms with Crippen molar-refractivity contribution in [1.82, 2.24) is 0 Å². The molecule has 0 radical (unpaired) electrons. The van der Waals surface area contributed by atoms with E-state index in [4.69, 9.17) is 4.74 Å². The van der Waals surface area contributed by atoms with Crippen LogP contribution in [0.2, 0.25) is 0 Å². The Hall–Kier alpha value is -0.870. The maximum atomic E-state index is 11.7. The van der Waals surface area contributed by atoms with Crippen LogP contribution in [-0.2, 0) is 9.53 Å². The number of carbonyl (C=O) groups is 1. The van der Waals surface area contributed by atoms with Gasteiger partial charge in [0.25, 0.3) is 0 Å². The Morgan fingerprint density at radius 3 is 2.82 bits per heavy atom. The number of hydrogen-bond donors (Lipinski definition) is 1. The summed E-state index contributed by atoms with van der Waals surface area (Å²) in [6, 6.07) is 5.80. The summed E-state index contributed by atoms with van der Waals surface area (Å²) in [5.41, 5.74) is 1.91. The van der Waals surface area contributed by atoms with E-state index in [1.807, 2.05) is 32.0 Å². The predicted molar refractivity (Wildman–Crippen MR) is 73.2 cm³/mol. The lowest BCUT2D eigenvalue weighted by atomic mass is 10.1. The van der Waals surface area contributed by atoms with Crippen LogP contribution in [0.5, 0.6) is 0 Å². The molecule has 1 unspecified atom stereocenters. The molecule has 0 saturated carbocycles. The molecule has 0 heterocycles. The van der Waals surface area contributed by atoms with Crippen LogP contribution in [0.25, 0.3) is 0 Å². The SMILES string of the molecule is COC(C)CCC(=O)Nc1ccc(Br)cc1C. The van der Waals surface area contributed by atoms with Gasteiger partial charge in [-0.25, -0.2) is 0 Å². The first kappa shape index (κ1) is 14.2. The van der Waals surface area contributed by atoms with E-state index in [-0.39, 0.29) is 12.0 Å². The smallest absolute Gasteiger partial charge is 0.224 e. The van der Waals surface area contributed by atoms with Crippen molar-refractivity contribution in [3.05, 3.63) is 28.2 Å². The third-order valence-electron chi connectivity index (χ3n) is 2.64. The predicted octanol–water partition coefficient (Wildman–Crippen LogP) is 3.51. The first-order valence-corrected chi connectivity index (χ1v) is 6.41. The highest BCUT2D eigenvalue weighted by atomic mass is 79.9. The molecule has 4 heteroatoms. The van der Waals surface area contributed by atoms with E-state index in [1.54, 1.807) is 7.11 Å². The van der Waals surface area contributed by atoms with Gasteiger partial charge < -0.3 is 10.1 Å². The number of hydrogen-bond acceptors (Lipinski definition) is 2. The molecule has 1 aromatic carbocycles. The van der Waals surface area contributed by atoms with Gasteiger partial charge in [0.2, 0.25) is 5.91 Å². The minimum absolute atomic E-state index is 0.0272. The molecule has 1 atom stereocenters. The highest BCUT2D eigenvalue weighted by Crippen LogP contribution is 2.20. The molecule has 0 saturated heterocycles. The van der Waals surface area contributed by atoms with Crippen LogP contribution in [0.3, 0.4) is 0 Å². The Kier molecular flexibility index (Phi) is 5.65.